The van der Waals surface area contributed by atoms with Crippen molar-refractivity contribution in [2.75, 3.05) is 12.4 Å². The summed E-state index contributed by atoms with van der Waals surface area (Å²) >= 11 is 1.35. The van der Waals surface area contributed by atoms with Gasteiger partial charge < -0.3 is 9.57 Å². The second kappa shape index (κ2) is 6.56. The highest BCUT2D eigenvalue weighted by Gasteiger charge is 2.43. The first-order valence-electron chi connectivity index (χ1n) is 7.58. The fourth-order valence-electron chi connectivity index (χ4n) is 2.37. The minimum atomic E-state index is -1.09. The fraction of sp³-hybridized carbons (Fsp3) is 0.375. The molecule has 8 heteroatoms. The first kappa shape index (κ1) is 16.4. The number of anilines is 1. The number of nitrogens with one attached hydrogen (secondary N) is 1. The van der Waals surface area contributed by atoms with Gasteiger partial charge in [-0.25, -0.2) is 0 Å². The van der Waals surface area contributed by atoms with Crippen LogP contribution in [0.4, 0.5) is 5.13 Å². The molecule has 0 aliphatic carbocycles. The fourth-order valence-corrected chi connectivity index (χ4v) is 3.04. The monoisotopic (exact) mass is 346 g/mol. The number of amides is 1. The zero-order chi connectivity index (χ0) is 17.2. The van der Waals surface area contributed by atoms with Crippen molar-refractivity contribution in [1.29, 1.82) is 0 Å². The molecule has 0 radical (unpaired) electrons. The lowest BCUT2D eigenvalue weighted by Gasteiger charge is -2.19. The Morgan fingerprint density at radius 3 is 2.92 bits per heavy atom. The molecule has 1 N–H and O–H groups in total. The predicted octanol–water partition coefficient (Wildman–Crippen LogP) is 2.63. The summed E-state index contributed by atoms with van der Waals surface area (Å²) in [6, 6.07) is 7.51. The van der Waals surface area contributed by atoms with E-state index in [0.29, 0.717) is 23.0 Å². The summed E-state index contributed by atoms with van der Waals surface area (Å²) in [6.45, 7) is 3.69. The zero-order valence-corrected chi connectivity index (χ0v) is 14.5. The molecule has 0 spiro atoms. The van der Waals surface area contributed by atoms with Gasteiger partial charge in [0.15, 0.2) is 0 Å². The molecule has 2 aromatic rings. The third-order valence-electron chi connectivity index (χ3n) is 3.75. The number of carbonyl (C=O) groups excluding carboxylic acids is 1. The first-order valence-corrected chi connectivity index (χ1v) is 8.39. The maximum atomic E-state index is 12.6. The first-order chi connectivity index (χ1) is 11.6. The van der Waals surface area contributed by atoms with E-state index in [-0.39, 0.29) is 5.91 Å². The molecule has 1 amide bonds. The lowest BCUT2D eigenvalue weighted by molar-refractivity contribution is -0.135. The van der Waals surface area contributed by atoms with Crippen LogP contribution >= 0.6 is 11.3 Å². The number of rotatable bonds is 5. The molecular weight excluding hydrogens is 328 g/mol. The zero-order valence-electron chi connectivity index (χ0n) is 13.7. The summed E-state index contributed by atoms with van der Waals surface area (Å²) < 4.78 is 5.34. The molecule has 7 nitrogen and oxygen atoms in total. The van der Waals surface area contributed by atoms with Crippen molar-refractivity contribution in [3.8, 4) is 5.75 Å². The van der Waals surface area contributed by atoms with Gasteiger partial charge in [0.1, 0.15) is 10.8 Å². The summed E-state index contributed by atoms with van der Waals surface area (Å²) in [5, 5.41) is 16.1. The lowest BCUT2D eigenvalue weighted by Crippen LogP contribution is -2.40. The predicted molar refractivity (Wildman–Crippen MR) is 91.6 cm³/mol. The highest BCUT2D eigenvalue weighted by molar-refractivity contribution is 7.15. The van der Waals surface area contributed by atoms with E-state index in [0.717, 1.165) is 17.0 Å². The van der Waals surface area contributed by atoms with E-state index in [1.807, 2.05) is 31.2 Å². The normalized spacial score (nSPS) is 19.5. The summed E-state index contributed by atoms with van der Waals surface area (Å²) in [6.07, 6.45) is 1.13. The van der Waals surface area contributed by atoms with Crippen molar-refractivity contribution >= 4 is 28.1 Å². The smallest absolute Gasteiger partial charge is 0.273 e. The molecule has 1 aliphatic heterocycles. The third kappa shape index (κ3) is 3.09. The lowest BCUT2D eigenvalue weighted by atomic mass is 9.95. The van der Waals surface area contributed by atoms with E-state index in [2.05, 4.69) is 20.7 Å². The van der Waals surface area contributed by atoms with Crippen LogP contribution in [0, 0.1) is 0 Å². The summed E-state index contributed by atoms with van der Waals surface area (Å²) in [7, 11) is 1.60. The SMILES string of the molecule is CCc1nnc(NC(=O)[C@@]2(C)CC(c3ccccc3OC)=NO2)s1. The molecular formula is C16H18N4O3S. The minimum Gasteiger partial charge on any atom is -0.496 e. The van der Waals surface area contributed by atoms with E-state index in [9.17, 15) is 4.79 Å². The van der Waals surface area contributed by atoms with Gasteiger partial charge in [-0.15, -0.1) is 10.2 Å². The molecule has 0 saturated heterocycles. The van der Waals surface area contributed by atoms with Crippen LogP contribution in [0.1, 0.15) is 30.8 Å². The van der Waals surface area contributed by atoms with Crippen LogP contribution in [0.5, 0.6) is 5.75 Å². The number of benzene rings is 1. The number of nitrogens with zero attached hydrogens (tertiary/aromatic N) is 3. The van der Waals surface area contributed by atoms with Crippen molar-refractivity contribution in [1.82, 2.24) is 10.2 Å². The van der Waals surface area contributed by atoms with Gasteiger partial charge >= 0.3 is 0 Å². The van der Waals surface area contributed by atoms with Gasteiger partial charge in [-0.2, -0.15) is 0 Å². The van der Waals surface area contributed by atoms with Crippen molar-refractivity contribution < 1.29 is 14.4 Å². The Hall–Kier alpha value is -2.48. The Labute approximate surface area is 143 Å². The van der Waals surface area contributed by atoms with Gasteiger partial charge in [0, 0.05) is 12.0 Å². The minimum absolute atomic E-state index is 0.296. The Morgan fingerprint density at radius 2 is 2.21 bits per heavy atom. The number of aryl methyl sites for hydroxylation is 1. The Morgan fingerprint density at radius 1 is 1.42 bits per heavy atom. The molecule has 0 bridgehead atoms. The quantitative estimate of drug-likeness (QED) is 0.899. The van der Waals surface area contributed by atoms with Crippen LogP contribution in [0.2, 0.25) is 0 Å². The van der Waals surface area contributed by atoms with Gasteiger partial charge in [-0.1, -0.05) is 35.5 Å². The molecule has 1 atom stereocenters. The van der Waals surface area contributed by atoms with E-state index in [1.54, 1.807) is 14.0 Å². The maximum Gasteiger partial charge on any atom is 0.273 e. The van der Waals surface area contributed by atoms with Crippen molar-refractivity contribution in [3.63, 3.8) is 0 Å². The molecule has 1 aromatic heterocycles. The second-order valence-corrected chi connectivity index (χ2v) is 6.61. The van der Waals surface area contributed by atoms with E-state index in [4.69, 9.17) is 9.57 Å². The second-order valence-electron chi connectivity index (χ2n) is 5.55. The Balaban J connectivity index is 1.73. The van der Waals surface area contributed by atoms with E-state index < -0.39 is 5.60 Å². The molecule has 1 aliphatic rings. The molecule has 1 aromatic carbocycles. The van der Waals surface area contributed by atoms with Gasteiger partial charge in [-0.05, 0) is 25.5 Å². The van der Waals surface area contributed by atoms with E-state index in [1.165, 1.54) is 11.3 Å². The molecule has 0 unspecified atom stereocenters. The Kier molecular flexibility index (Phi) is 4.48. The summed E-state index contributed by atoms with van der Waals surface area (Å²) in [5.41, 5.74) is 0.408. The van der Waals surface area contributed by atoms with Crippen molar-refractivity contribution in [2.45, 2.75) is 32.3 Å². The van der Waals surface area contributed by atoms with Gasteiger partial charge in [-0.3, -0.25) is 10.1 Å². The molecule has 0 fully saturated rings. The average Bonchev–Trinajstić information content (AvgIpc) is 3.22. The number of para-hydroxylation sites is 1. The molecule has 24 heavy (non-hydrogen) atoms. The topological polar surface area (TPSA) is 85.7 Å². The number of carbonyl (C=O) groups is 1. The maximum absolute atomic E-state index is 12.6. The Bertz CT molecular complexity index is 789. The summed E-state index contributed by atoms with van der Waals surface area (Å²) in [4.78, 5) is 18.0. The standard InChI is InChI=1S/C16H18N4O3S/c1-4-13-18-19-15(24-13)17-14(21)16(2)9-11(20-23-16)10-7-5-6-8-12(10)22-3/h5-8H,4,9H2,1-3H3,(H,17,19,21)/t16-/m1/s1. The van der Waals surface area contributed by atoms with Crippen molar-refractivity contribution in [3.05, 3.63) is 34.8 Å². The molecule has 126 valence electrons. The largest absolute Gasteiger partial charge is 0.496 e. The summed E-state index contributed by atoms with van der Waals surface area (Å²) in [5.74, 6) is 0.399. The van der Waals surface area contributed by atoms with E-state index >= 15 is 0 Å². The number of hydrogen-bond acceptors (Lipinski definition) is 7. The number of aromatic nitrogens is 2. The van der Waals surface area contributed by atoms with Crippen molar-refractivity contribution in [2.24, 2.45) is 5.16 Å². The number of oxime groups is 1. The van der Waals surface area contributed by atoms with Crippen LogP contribution in [-0.2, 0) is 16.1 Å². The van der Waals surface area contributed by atoms with Crippen LogP contribution in [0.3, 0.4) is 0 Å². The van der Waals surface area contributed by atoms with Gasteiger partial charge in [0.05, 0.1) is 12.8 Å². The van der Waals surface area contributed by atoms with Crippen LogP contribution in [0.25, 0.3) is 0 Å². The van der Waals surface area contributed by atoms with Crippen LogP contribution in [0.15, 0.2) is 29.4 Å². The number of methoxy groups -OCH3 is 1. The highest BCUT2D eigenvalue weighted by atomic mass is 32.1. The molecule has 2 heterocycles. The third-order valence-corrected chi connectivity index (χ3v) is 4.73. The average molecular weight is 346 g/mol. The molecule has 3 rings (SSSR count). The molecule has 0 saturated carbocycles. The van der Waals surface area contributed by atoms with Crippen LogP contribution in [-0.4, -0.2) is 34.5 Å². The highest BCUT2D eigenvalue weighted by Crippen LogP contribution is 2.31. The number of hydrogen-bond donors (Lipinski definition) is 1. The van der Waals surface area contributed by atoms with Gasteiger partial charge in [0.2, 0.25) is 10.7 Å². The number of ether oxygens (including phenoxy) is 1. The van der Waals surface area contributed by atoms with Crippen LogP contribution < -0.4 is 10.1 Å². The van der Waals surface area contributed by atoms with Gasteiger partial charge in [0.25, 0.3) is 5.91 Å².